The molecule has 0 saturated heterocycles. The van der Waals surface area contributed by atoms with Crippen LogP contribution in [0.25, 0.3) is 0 Å². The molecule has 108 valence electrons. The maximum absolute atomic E-state index is 5.22. The molecule has 0 aliphatic carbocycles. The van der Waals surface area contributed by atoms with Crippen molar-refractivity contribution in [3.8, 4) is 11.8 Å². The Hall–Kier alpha value is -1.73. The van der Waals surface area contributed by atoms with Crippen LogP contribution in [0.1, 0.15) is 17.4 Å². The molecule has 0 aliphatic heterocycles. The van der Waals surface area contributed by atoms with Gasteiger partial charge in [-0.2, -0.15) is 0 Å². The molecule has 0 aliphatic rings. The highest BCUT2D eigenvalue weighted by molar-refractivity contribution is 7.99. The summed E-state index contributed by atoms with van der Waals surface area (Å²) in [5, 5.41) is 0. The van der Waals surface area contributed by atoms with Crippen molar-refractivity contribution in [2.24, 2.45) is 0 Å². The summed E-state index contributed by atoms with van der Waals surface area (Å²) in [6.07, 6.45) is -0.304. The first-order valence-corrected chi connectivity index (χ1v) is 7.64. The van der Waals surface area contributed by atoms with Crippen LogP contribution in [0, 0.1) is 11.8 Å². The van der Waals surface area contributed by atoms with Gasteiger partial charge in [0.15, 0.2) is 6.29 Å². The molecule has 0 amide bonds. The lowest BCUT2D eigenvalue weighted by Gasteiger charge is -2.13. The number of methoxy groups -OCH3 is 2. The quantitative estimate of drug-likeness (QED) is 0.470. The highest BCUT2D eigenvalue weighted by atomic mass is 32.2. The zero-order valence-electron chi connectivity index (χ0n) is 12.2. The lowest BCUT2D eigenvalue weighted by atomic mass is 10.2. The molecule has 0 atom stereocenters. The fourth-order valence-corrected chi connectivity index (χ4v) is 2.51. The van der Waals surface area contributed by atoms with E-state index in [0.717, 1.165) is 16.9 Å². The minimum Gasteiger partial charge on any atom is -0.352 e. The molecule has 0 heterocycles. The van der Waals surface area contributed by atoms with E-state index in [2.05, 4.69) is 24.0 Å². The van der Waals surface area contributed by atoms with Crippen molar-refractivity contribution >= 4 is 11.8 Å². The van der Waals surface area contributed by atoms with Gasteiger partial charge in [-0.15, -0.1) is 11.8 Å². The van der Waals surface area contributed by atoms with E-state index < -0.39 is 0 Å². The summed E-state index contributed by atoms with van der Waals surface area (Å²) in [6, 6.07) is 18.2. The summed E-state index contributed by atoms with van der Waals surface area (Å²) < 4.78 is 10.4. The fraction of sp³-hybridized carbons (Fsp3) is 0.222. The summed E-state index contributed by atoms with van der Waals surface area (Å²) in [4.78, 5) is 1.19. The van der Waals surface area contributed by atoms with E-state index in [1.54, 1.807) is 26.0 Å². The third kappa shape index (κ3) is 4.95. The van der Waals surface area contributed by atoms with Crippen LogP contribution in [0.5, 0.6) is 0 Å². The zero-order valence-corrected chi connectivity index (χ0v) is 13.0. The van der Waals surface area contributed by atoms with E-state index in [9.17, 15) is 0 Å². The molecular weight excluding hydrogens is 280 g/mol. The highest BCUT2D eigenvalue weighted by Gasteiger charge is 2.07. The van der Waals surface area contributed by atoms with Crippen molar-refractivity contribution < 1.29 is 9.47 Å². The van der Waals surface area contributed by atoms with Crippen molar-refractivity contribution in [1.29, 1.82) is 0 Å². The molecule has 0 bridgehead atoms. The van der Waals surface area contributed by atoms with Crippen LogP contribution in [-0.2, 0) is 9.47 Å². The molecule has 2 rings (SSSR count). The van der Waals surface area contributed by atoms with E-state index in [4.69, 9.17) is 9.47 Å². The summed E-state index contributed by atoms with van der Waals surface area (Å²) in [7, 11) is 3.27. The SMILES string of the molecule is COC(OC)c1ccc(SCC#Cc2ccccc2)cc1. The number of hydrogen-bond donors (Lipinski definition) is 0. The standard InChI is InChI=1S/C18H18O2S/c1-19-18(20-2)16-10-12-17(13-11-16)21-14-6-9-15-7-4-3-5-8-15/h3-5,7-8,10-13,18H,14H2,1-2H3. The molecule has 0 aromatic heterocycles. The Morgan fingerprint density at radius 1 is 0.952 bits per heavy atom. The molecule has 0 radical (unpaired) electrons. The number of benzene rings is 2. The van der Waals surface area contributed by atoms with E-state index in [1.165, 1.54) is 4.90 Å². The Morgan fingerprint density at radius 3 is 2.24 bits per heavy atom. The normalized spacial score (nSPS) is 10.2. The molecule has 2 aromatic rings. The van der Waals surface area contributed by atoms with E-state index in [1.807, 2.05) is 42.5 Å². The van der Waals surface area contributed by atoms with E-state index >= 15 is 0 Å². The molecule has 0 fully saturated rings. The first-order valence-electron chi connectivity index (χ1n) is 6.65. The summed E-state index contributed by atoms with van der Waals surface area (Å²) in [5.41, 5.74) is 2.07. The van der Waals surface area contributed by atoms with Gasteiger partial charge in [-0.25, -0.2) is 0 Å². The van der Waals surface area contributed by atoms with Gasteiger partial charge in [-0.3, -0.25) is 0 Å². The van der Waals surface area contributed by atoms with Crippen LogP contribution in [0.3, 0.4) is 0 Å². The average Bonchev–Trinajstić information content (AvgIpc) is 2.55. The highest BCUT2D eigenvalue weighted by Crippen LogP contribution is 2.22. The van der Waals surface area contributed by atoms with Gasteiger partial charge in [0.1, 0.15) is 0 Å². The Bertz CT molecular complexity index is 593. The Kier molecular flexibility index (Phi) is 6.36. The molecule has 2 nitrogen and oxygen atoms in total. The van der Waals surface area contributed by atoms with Gasteiger partial charge in [0, 0.05) is 30.2 Å². The second kappa shape index (κ2) is 8.53. The smallest absolute Gasteiger partial charge is 0.183 e. The molecule has 0 unspecified atom stereocenters. The monoisotopic (exact) mass is 298 g/mol. The van der Waals surface area contributed by atoms with Gasteiger partial charge >= 0.3 is 0 Å². The van der Waals surface area contributed by atoms with Crippen LogP contribution in [0.15, 0.2) is 59.5 Å². The second-order valence-corrected chi connectivity index (χ2v) is 5.38. The van der Waals surface area contributed by atoms with Gasteiger partial charge in [0.05, 0.1) is 5.75 Å². The van der Waals surface area contributed by atoms with E-state index in [0.29, 0.717) is 0 Å². The molecule has 0 saturated carbocycles. The fourth-order valence-electron chi connectivity index (χ4n) is 1.87. The van der Waals surface area contributed by atoms with Crippen LogP contribution in [0.2, 0.25) is 0 Å². The molecule has 3 heteroatoms. The predicted molar refractivity (Wildman–Crippen MR) is 87.2 cm³/mol. The molecule has 0 N–H and O–H groups in total. The van der Waals surface area contributed by atoms with Gasteiger partial charge in [0.2, 0.25) is 0 Å². The van der Waals surface area contributed by atoms with Crippen LogP contribution in [-0.4, -0.2) is 20.0 Å². The molecule has 2 aromatic carbocycles. The van der Waals surface area contributed by atoms with Crippen LogP contribution < -0.4 is 0 Å². The third-order valence-electron chi connectivity index (χ3n) is 2.90. The topological polar surface area (TPSA) is 18.5 Å². The van der Waals surface area contributed by atoms with Gasteiger partial charge in [-0.1, -0.05) is 42.2 Å². The van der Waals surface area contributed by atoms with Crippen molar-refractivity contribution in [2.45, 2.75) is 11.2 Å². The zero-order chi connectivity index (χ0) is 14.9. The van der Waals surface area contributed by atoms with Crippen LogP contribution in [0.4, 0.5) is 0 Å². The number of thioether (sulfide) groups is 1. The van der Waals surface area contributed by atoms with Crippen molar-refractivity contribution in [2.75, 3.05) is 20.0 Å². The van der Waals surface area contributed by atoms with Gasteiger partial charge < -0.3 is 9.47 Å². The summed E-state index contributed by atoms with van der Waals surface area (Å²) >= 11 is 1.72. The number of rotatable bonds is 5. The molecule has 0 spiro atoms. The predicted octanol–water partition coefficient (Wildman–Crippen LogP) is 4.12. The lowest BCUT2D eigenvalue weighted by Crippen LogP contribution is -2.02. The number of ether oxygens (including phenoxy) is 2. The Morgan fingerprint density at radius 2 is 1.62 bits per heavy atom. The average molecular weight is 298 g/mol. The Balaban J connectivity index is 1.88. The largest absolute Gasteiger partial charge is 0.352 e. The van der Waals surface area contributed by atoms with Gasteiger partial charge in [0.25, 0.3) is 0 Å². The minimum absolute atomic E-state index is 0.304. The summed E-state index contributed by atoms with van der Waals surface area (Å²) in [5.74, 6) is 7.10. The maximum Gasteiger partial charge on any atom is 0.183 e. The number of hydrogen-bond acceptors (Lipinski definition) is 3. The van der Waals surface area contributed by atoms with Crippen molar-refractivity contribution in [1.82, 2.24) is 0 Å². The Labute approximate surface area is 130 Å². The van der Waals surface area contributed by atoms with Gasteiger partial charge in [-0.05, 0) is 24.3 Å². The summed E-state index contributed by atoms with van der Waals surface area (Å²) in [6.45, 7) is 0. The molecular formula is C18H18O2S. The van der Waals surface area contributed by atoms with Crippen molar-refractivity contribution in [3.05, 3.63) is 65.7 Å². The lowest BCUT2D eigenvalue weighted by molar-refractivity contribution is -0.106. The minimum atomic E-state index is -0.304. The van der Waals surface area contributed by atoms with E-state index in [-0.39, 0.29) is 6.29 Å². The maximum atomic E-state index is 5.22. The first-order chi connectivity index (χ1) is 10.3. The van der Waals surface area contributed by atoms with Crippen LogP contribution >= 0.6 is 11.8 Å². The first kappa shape index (κ1) is 15.7. The third-order valence-corrected chi connectivity index (χ3v) is 3.79. The molecule has 21 heavy (non-hydrogen) atoms. The van der Waals surface area contributed by atoms with Crippen molar-refractivity contribution in [3.63, 3.8) is 0 Å². The second-order valence-electron chi connectivity index (χ2n) is 4.33.